The minimum Gasteiger partial charge on any atom is -0.354 e. The zero-order chi connectivity index (χ0) is 26.3. The molecule has 0 radical (unpaired) electrons. The van der Waals surface area contributed by atoms with E-state index in [9.17, 15) is 22.8 Å². The summed E-state index contributed by atoms with van der Waals surface area (Å²) in [6.07, 6.45) is 2.64. The quantitative estimate of drug-likeness (QED) is 0.457. The van der Waals surface area contributed by atoms with E-state index in [-0.39, 0.29) is 23.9 Å². The molecule has 1 aliphatic rings. The summed E-state index contributed by atoms with van der Waals surface area (Å²) in [6.45, 7) is 4.13. The number of fused-ring (bicyclic) bond motifs is 2. The van der Waals surface area contributed by atoms with Crippen LogP contribution in [0.15, 0.2) is 35.7 Å². The molecule has 3 atom stereocenters. The van der Waals surface area contributed by atoms with E-state index in [2.05, 4.69) is 25.7 Å². The van der Waals surface area contributed by atoms with Gasteiger partial charge in [0, 0.05) is 18.3 Å². The molecule has 4 N–H and O–H groups in total. The fourth-order valence-electron chi connectivity index (χ4n) is 3.90. The third-order valence-electron chi connectivity index (χ3n) is 5.78. The molecule has 1 aliphatic heterocycles. The fourth-order valence-corrected chi connectivity index (χ4v) is 5.67. The van der Waals surface area contributed by atoms with E-state index in [0.29, 0.717) is 30.8 Å². The van der Waals surface area contributed by atoms with Gasteiger partial charge in [0.15, 0.2) is 0 Å². The number of nitrogens with zero attached hydrogens (tertiary/aromatic N) is 1. The number of carbonyl (C=O) groups is 3. The summed E-state index contributed by atoms with van der Waals surface area (Å²) >= 11 is 1.23. The van der Waals surface area contributed by atoms with E-state index < -0.39 is 40.0 Å². The van der Waals surface area contributed by atoms with Gasteiger partial charge in [-0.25, -0.2) is 18.1 Å². The van der Waals surface area contributed by atoms with Crippen molar-refractivity contribution in [3.05, 3.63) is 52.0 Å². The van der Waals surface area contributed by atoms with Crippen molar-refractivity contribution in [3.63, 3.8) is 0 Å². The normalized spacial score (nSPS) is 22.6. The molecular formula is C24H33N5O5S2. The molecule has 10 nitrogen and oxygen atoms in total. The molecular weight excluding hydrogens is 502 g/mol. The molecule has 2 heterocycles. The number of benzene rings is 1. The minimum atomic E-state index is -3.63. The van der Waals surface area contributed by atoms with E-state index in [1.807, 2.05) is 44.2 Å². The predicted octanol–water partition coefficient (Wildman–Crippen LogP) is 1.52. The molecule has 36 heavy (non-hydrogen) atoms. The Balaban J connectivity index is 1.89. The van der Waals surface area contributed by atoms with E-state index in [4.69, 9.17) is 0 Å². The van der Waals surface area contributed by atoms with Crippen molar-refractivity contribution in [3.8, 4) is 0 Å². The number of sulfonamides is 1. The number of hydrogen-bond acceptors (Lipinski definition) is 7. The first kappa shape index (κ1) is 27.8. The van der Waals surface area contributed by atoms with Crippen LogP contribution < -0.4 is 20.7 Å². The molecule has 2 aromatic rings. The van der Waals surface area contributed by atoms with Crippen LogP contribution in [0.4, 0.5) is 0 Å². The van der Waals surface area contributed by atoms with E-state index in [0.717, 1.165) is 11.8 Å². The maximum absolute atomic E-state index is 13.0. The Morgan fingerprint density at radius 3 is 2.47 bits per heavy atom. The zero-order valence-corrected chi connectivity index (χ0v) is 22.2. The van der Waals surface area contributed by atoms with Crippen molar-refractivity contribution >= 4 is 39.1 Å². The van der Waals surface area contributed by atoms with E-state index >= 15 is 0 Å². The van der Waals surface area contributed by atoms with Crippen LogP contribution in [-0.2, 0) is 26.0 Å². The van der Waals surface area contributed by atoms with Crippen LogP contribution in [0.5, 0.6) is 0 Å². The summed E-state index contributed by atoms with van der Waals surface area (Å²) in [5.74, 6) is -1.32. The number of amides is 3. The van der Waals surface area contributed by atoms with Gasteiger partial charge in [-0.2, -0.15) is 0 Å². The van der Waals surface area contributed by atoms with Crippen molar-refractivity contribution in [2.45, 2.75) is 57.7 Å². The Kier molecular flexibility index (Phi) is 9.57. The average Bonchev–Trinajstić information content (AvgIpc) is 3.30. The molecule has 3 amide bonds. The molecule has 0 fully saturated rings. The Morgan fingerprint density at radius 2 is 1.81 bits per heavy atom. The maximum atomic E-state index is 13.0. The van der Waals surface area contributed by atoms with Gasteiger partial charge in [-0.3, -0.25) is 14.4 Å². The summed E-state index contributed by atoms with van der Waals surface area (Å²) in [7, 11) is -3.63. The lowest BCUT2D eigenvalue weighted by atomic mass is 10.0. The van der Waals surface area contributed by atoms with Crippen LogP contribution in [0.2, 0.25) is 0 Å². The smallest absolute Gasteiger partial charge is 0.271 e. The summed E-state index contributed by atoms with van der Waals surface area (Å²) < 4.78 is 26.2. The molecule has 3 rings (SSSR count). The molecule has 196 valence electrons. The van der Waals surface area contributed by atoms with E-state index in [1.165, 1.54) is 11.3 Å². The summed E-state index contributed by atoms with van der Waals surface area (Å²) in [6, 6.07) is 7.15. The van der Waals surface area contributed by atoms with Crippen LogP contribution in [-0.4, -0.2) is 56.0 Å². The second-order valence-electron chi connectivity index (χ2n) is 9.25. The van der Waals surface area contributed by atoms with Gasteiger partial charge in [-0.15, -0.1) is 11.3 Å². The third-order valence-corrected chi connectivity index (χ3v) is 7.42. The lowest BCUT2D eigenvalue weighted by Gasteiger charge is -2.24. The third kappa shape index (κ3) is 8.10. The fraction of sp³-hybridized carbons (Fsp3) is 0.500. The first-order valence-corrected chi connectivity index (χ1v) is 14.7. The van der Waals surface area contributed by atoms with Crippen LogP contribution in [0, 0.1) is 5.92 Å². The lowest BCUT2D eigenvalue weighted by Crippen LogP contribution is -2.49. The summed E-state index contributed by atoms with van der Waals surface area (Å²) in [4.78, 5) is 43.5. The molecule has 1 aromatic carbocycles. The monoisotopic (exact) mass is 535 g/mol. The van der Waals surface area contributed by atoms with Crippen molar-refractivity contribution in [2.24, 2.45) is 5.92 Å². The van der Waals surface area contributed by atoms with Gasteiger partial charge in [0.25, 0.3) is 5.91 Å². The molecule has 12 heteroatoms. The van der Waals surface area contributed by atoms with Gasteiger partial charge in [0.2, 0.25) is 21.8 Å². The average molecular weight is 536 g/mol. The molecule has 0 saturated carbocycles. The van der Waals surface area contributed by atoms with Crippen molar-refractivity contribution in [2.75, 3.05) is 12.8 Å². The highest BCUT2D eigenvalue weighted by Crippen LogP contribution is 2.25. The zero-order valence-electron chi connectivity index (χ0n) is 20.6. The Morgan fingerprint density at radius 1 is 1.08 bits per heavy atom. The molecule has 0 spiro atoms. The van der Waals surface area contributed by atoms with Gasteiger partial charge >= 0.3 is 0 Å². The number of thiazole rings is 1. The summed E-state index contributed by atoms with van der Waals surface area (Å²) in [5, 5.41) is 10.7. The number of hydrogen-bond donors (Lipinski definition) is 4. The van der Waals surface area contributed by atoms with Gasteiger partial charge in [0.1, 0.15) is 22.8 Å². The highest BCUT2D eigenvalue weighted by Gasteiger charge is 2.29. The highest BCUT2D eigenvalue weighted by atomic mass is 32.2. The van der Waals surface area contributed by atoms with Gasteiger partial charge < -0.3 is 16.0 Å². The van der Waals surface area contributed by atoms with E-state index in [1.54, 1.807) is 5.38 Å². The molecule has 0 aliphatic carbocycles. The van der Waals surface area contributed by atoms with Crippen LogP contribution in [0.1, 0.15) is 60.2 Å². The topological polar surface area (TPSA) is 146 Å². The molecule has 0 unspecified atom stereocenters. The predicted molar refractivity (Wildman–Crippen MR) is 138 cm³/mol. The number of aromatic nitrogens is 1. The van der Waals surface area contributed by atoms with Crippen molar-refractivity contribution < 1.29 is 22.8 Å². The highest BCUT2D eigenvalue weighted by molar-refractivity contribution is 7.88. The second-order valence-corrected chi connectivity index (χ2v) is 11.9. The largest absolute Gasteiger partial charge is 0.354 e. The first-order chi connectivity index (χ1) is 17.0. The van der Waals surface area contributed by atoms with Crippen LogP contribution in [0.25, 0.3) is 0 Å². The van der Waals surface area contributed by atoms with Crippen LogP contribution >= 0.6 is 11.3 Å². The molecule has 2 bridgehead atoms. The number of carbonyl (C=O) groups excluding carboxylic acids is 3. The van der Waals surface area contributed by atoms with Gasteiger partial charge in [-0.1, -0.05) is 44.2 Å². The van der Waals surface area contributed by atoms with Crippen molar-refractivity contribution in [1.29, 1.82) is 0 Å². The van der Waals surface area contributed by atoms with Gasteiger partial charge in [-0.05, 0) is 30.7 Å². The number of nitrogens with one attached hydrogen (secondary N) is 4. The maximum Gasteiger partial charge on any atom is 0.271 e. The Hall–Kier alpha value is -2.83. The lowest BCUT2D eigenvalue weighted by molar-refractivity contribution is -0.124. The molecule has 1 aromatic heterocycles. The second kappa shape index (κ2) is 12.4. The van der Waals surface area contributed by atoms with Crippen molar-refractivity contribution in [1.82, 2.24) is 25.7 Å². The SMILES string of the molecule is CC(C)[C@H]1NC(=O)[C@@H](NS(C)(=O)=O)CCCCNC(=O)[C@@H](Cc2ccccc2)NC(=O)c2csc1n2. The van der Waals surface area contributed by atoms with Crippen LogP contribution in [0.3, 0.4) is 0 Å². The summed E-state index contributed by atoms with van der Waals surface area (Å²) in [5.41, 5.74) is 1.06. The Labute approximate surface area is 215 Å². The molecule has 0 saturated heterocycles. The minimum absolute atomic E-state index is 0.0645. The standard InChI is InChI=1S/C24H33N5O5S2/c1-15(2)20-24-27-19(14-35-24)23(32)26-18(13-16-9-5-4-6-10-16)21(30)25-12-8-7-11-17(22(31)28-20)29-36(3,33)34/h4-6,9-10,14-15,17-18,20,29H,7-8,11-13H2,1-3H3,(H,25,30)(H,26,32)(H,28,31)/t17-,18+,20+/m0/s1. The Bertz CT molecular complexity index is 1170. The number of rotatable bonds is 5. The van der Waals surface area contributed by atoms with Gasteiger partial charge in [0.05, 0.1) is 12.3 Å². The first-order valence-electron chi connectivity index (χ1n) is 11.9.